The zero-order valence-corrected chi connectivity index (χ0v) is 12.9. The molecule has 0 bridgehead atoms. The van der Waals surface area contributed by atoms with Gasteiger partial charge in [-0.25, -0.2) is 4.39 Å². The van der Waals surface area contributed by atoms with Crippen molar-refractivity contribution in [2.75, 3.05) is 6.54 Å². The smallest absolute Gasteiger partial charge is 0.211 e. The van der Waals surface area contributed by atoms with E-state index in [1.165, 1.54) is 24.3 Å². The summed E-state index contributed by atoms with van der Waals surface area (Å²) in [6.45, 7) is -0.393. The Morgan fingerprint density at radius 2 is 1.91 bits per heavy atom. The van der Waals surface area contributed by atoms with Crippen LogP contribution in [0.4, 0.5) is 4.39 Å². The Morgan fingerprint density at radius 3 is 2.48 bits per heavy atom. The highest BCUT2D eigenvalue weighted by atomic mass is 35.5. The number of nitrogens with zero attached hydrogens (tertiary/aromatic N) is 1. The Morgan fingerprint density at radius 1 is 1.22 bits per heavy atom. The molecule has 120 valence electrons. The topological polar surface area (TPSA) is 60.2 Å². The predicted molar refractivity (Wildman–Crippen MR) is 85.7 cm³/mol. The van der Waals surface area contributed by atoms with Crippen molar-refractivity contribution in [1.82, 2.24) is 0 Å². The van der Waals surface area contributed by atoms with Gasteiger partial charge in [-0.15, -0.1) is 0 Å². The number of rotatable bonds is 7. The molecule has 0 amide bonds. The maximum Gasteiger partial charge on any atom is 0.211 e. The van der Waals surface area contributed by atoms with E-state index in [-0.39, 0.29) is 0 Å². The van der Waals surface area contributed by atoms with Gasteiger partial charge in [0.2, 0.25) is 6.54 Å². The first kappa shape index (κ1) is 17.1. The van der Waals surface area contributed by atoms with E-state index in [0.29, 0.717) is 17.0 Å². The highest BCUT2D eigenvalue weighted by Crippen LogP contribution is 2.28. The van der Waals surface area contributed by atoms with Crippen molar-refractivity contribution in [3.8, 4) is 0 Å². The molecule has 4 nitrogen and oxygen atoms in total. The van der Waals surface area contributed by atoms with Gasteiger partial charge >= 0.3 is 0 Å². The minimum absolute atomic E-state index is 0.333. The van der Waals surface area contributed by atoms with Gasteiger partial charge in [-0.3, -0.25) is 10.1 Å². The summed E-state index contributed by atoms with van der Waals surface area (Å²) in [4.78, 5) is 22.0. The largest absolute Gasteiger partial charge is 0.303 e. The highest BCUT2D eigenvalue weighted by Gasteiger charge is 2.28. The molecule has 0 radical (unpaired) electrons. The molecule has 2 rings (SSSR count). The van der Waals surface area contributed by atoms with E-state index >= 15 is 0 Å². The number of aldehydes is 1. The molecule has 0 aliphatic rings. The Balaban J connectivity index is 2.29. The second-order valence-electron chi connectivity index (χ2n) is 5.31. The number of nitro groups is 1. The van der Waals surface area contributed by atoms with Crippen molar-refractivity contribution >= 4 is 17.9 Å². The minimum Gasteiger partial charge on any atom is -0.303 e. The van der Waals surface area contributed by atoms with Crippen molar-refractivity contribution in [3.63, 3.8) is 0 Å². The zero-order chi connectivity index (χ0) is 16.8. The Bertz CT molecular complexity index is 690. The van der Waals surface area contributed by atoms with Gasteiger partial charge in [0, 0.05) is 15.9 Å². The standard InChI is InChI=1S/C17H15ClFNO3/c18-15-3-1-2-12(9-15)8-14(11-21)17(10-20(22)23)13-4-6-16(19)7-5-13/h1-7,9,11,14,17H,8,10H2/t14-,17+/m1/s1. The summed E-state index contributed by atoms with van der Waals surface area (Å²) in [5.74, 6) is -1.64. The van der Waals surface area contributed by atoms with Crippen LogP contribution in [-0.4, -0.2) is 17.8 Å². The molecule has 2 atom stereocenters. The van der Waals surface area contributed by atoms with Crippen molar-refractivity contribution in [2.24, 2.45) is 5.92 Å². The first-order valence-electron chi connectivity index (χ1n) is 7.06. The van der Waals surface area contributed by atoms with Crippen molar-refractivity contribution in [1.29, 1.82) is 0 Å². The molecular weight excluding hydrogens is 321 g/mol. The van der Waals surface area contributed by atoms with Crippen LogP contribution in [0.1, 0.15) is 17.0 Å². The molecule has 6 heteroatoms. The molecule has 0 N–H and O–H groups in total. The molecule has 0 unspecified atom stereocenters. The van der Waals surface area contributed by atoms with Gasteiger partial charge in [-0.05, 0) is 41.8 Å². The number of carbonyl (C=O) groups is 1. The second-order valence-corrected chi connectivity index (χ2v) is 5.74. The van der Waals surface area contributed by atoms with Crippen LogP contribution in [0.3, 0.4) is 0 Å². The van der Waals surface area contributed by atoms with E-state index < -0.39 is 29.1 Å². The van der Waals surface area contributed by atoms with Crippen molar-refractivity contribution < 1.29 is 14.1 Å². The van der Waals surface area contributed by atoms with Crippen LogP contribution in [0.25, 0.3) is 0 Å². The summed E-state index contributed by atoms with van der Waals surface area (Å²) >= 11 is 5.93. The second kappa shape index (κ2) is 7.83. The highest BCUT2D eigenvalue weighted by molar-refractivity contribution is 6.30. The van der Waals surface area contributed by atoms with E-state index in [9.17, 15) is 19.3 Å². The predicted octanol–water partition coefficient (Wildman–Crippen LogP) is 3.90. The van der Waals surface area contributed by atoms with E-state index in [1.807, 2.05) is 6.07 Å². The average Bonchev–Trinajstić information content (AvgIpc) is 2.51. The van der Waals surface area contributed by atoms with E-state index in [1.54, 1.807) is 18.2 Å². The Hall–Kier alpha value is -2.27. The normalized spacial score (nSPS) is 13.3. The lowest BCUT2D eigenvalue weighted by atomic mass is 9.83. The van der Waals surface area contributed by atoms with Gasteiger partial charge in [-0.1, -0.05) is 35.9 Å². The molecular formula is C17H15ClFNO3. The van der Waals surface area contributed by atoms with Crippen LogP contribution < -0.4 is 0 Å². The van der Waals surface area contributed by atoms with Gasteiger partial charge in [-0.2, -0.15) is 0 Å². The van der Waals surface area contributed by atoms with Crippen LogP contribution in [0.15, 0.2) is 48.5 Å². The lowest BCUT2D eigenvalue weighted by Gasteiger charge is -2.20. The van der Waals surface area contributed by atoms with Crippen molar-refractivity contribution in [2.45, 2.75) is 12.3 Å². The summed E-state index contributed by atoms with van der Waals surface area (Å²) in [5.41, 5.74) is 1.40. The van der Waals surface area contributed by atoms with Gasteiger partial charge in [0.1, 0.15) is 12.1 Å². The molecule has 2 aromatic rings. The monoisotopic (exact) mass is 335 g/mol. The lowest BCUT2D eigenvalue weighted by molar-refractivity contribution is -0.484. The zero-order valence-electron chi connectivity index (χ0n) is 12.2. The van der Waals surface area contributed by atoms with Gasteiger partial charge < -0.3 is 4.79 Å². The fourth-order valence-electron chi connectivity index (χ4n) is 2.58. The number of benzene rings is 2. The maximum absolute atomic E-state index is 13.1. The fourth-order valence-corrected chi connectivity index (χ4v) is 2.79. The maximum atomic E-state index is 13.1. The molecule has 2 aromatic carbocycles. The lowest BCUT2D eigenvalue weighted by Crippen LogP contribution is -2.24. The quantitative estimate of drug-likeness (QED) is 0.438. The van der Waals surface area contributed by atoms with Crippen LogP contribution in [-0.2, 0) is 11.2 Å². The Kier molecular flexibility index (Phi) is 5.82. The number of halogens is 2. The third-order valence-electron chi connectivity index (χ3n) is 3.70. The van der Waals surface area contributed by atoms with E-state index in [2.05, 4.69) is 0 Å². The van der Waals surface area contributed by atoms with Gasteiger partial charge in [0.05, 0.1) is 5.92 Å². The first-order chi connectivity index (χ1) is 11.0. The van der Waals surface area contributed by atoms with Crippen molar-refractivity contribution in [3.05, 3.63) is 80.6 Å². The van der Waals surface area contributed by atoms with Gasteiger partial charge in [0.15, 0.2) is 0 Å². The molecule has 23 heavy (non-hydrogen) atoms. The summed E-state index contributed by atoms with van der Waals surface area (Å²) in [7, 11) is 0. The summed E-state index contributed by atoms with van der Waals surface area (Å²) in [5, 5.41) is 11.5. The van der Waals surface area contributed by atoms with Crippen LogP contribution in [0.5, 0.6) is 0 Å². The SMILES string of the molecule is O=C[C@@H](Cc1cccc(Cl)c1)[C@@H](C[N+](=O)[O-])c1ccc(F)cc1. The molecule has 0 spiro atoms. The molecule has 0 aliphatic heterocycles. The number of hydrogen-bond acceptors (Lipinski definition) is 3. The molecule has 0 saturated heterocycles. The molecule has 0 aromatic heterocycles. The molecule has 0 saturated carbocycles. The van der Waals surface area contributed by atoms with E-state index in [4.69, 9.17) is 11.6 Å². The van der Waals surface area contributed by atoms with Crippen LogP contribution in [0, 0.1) is 21.8 Å². The van der Waals surface area contributed by atoms with Crippen LogP contribution >= 0.6 is 11.6 Å². The fraction of sp³-hybridized carbons (Fsp3) is 0.235. The summed E-state index contributed by atoms with van der Waals surface area (Å²) < 4.78 is 13.1. The Labute approximate surface area is 138 Å². The van der Waals surface area contributed by atoms with Gasteiger partial charge in [0.25, 0.3) is 0 Å². The minimum atomic E-state index is -0.623. The van der Waals surface area contributed by atoms with Crippen LogP contribution in [0.2, 0.25) is 5.02 Å². The molecule has 0 fully saturated rings. The third kappa shape index (κ3) is 4.86. The first-order valence-corrected chi connectivity index (χ1v) is 7.44. The third-order valence-corrected chi connectivity index (χ3v) is 3.93. The number of hydrogen-bond donors (Lipinski definition) is 0. The summed E-state index contributed by atoms with van der Waals surface area (Å²) in [6.07, 6.45) is 1.05. The average molecular weight is 336 g/mol. The molecule has 0 heterocycles. The summed E-state index contributed by atoms with van der Waals surface area (Å²) in [6, 6.07) is 12.5. The number of carbonyl (C=O) groups excluding carboxylic acids is 1. The molecule has 0 aliphatic carbocycles. The van der Waals surface area contributed by atoms with E-state index in [0.717, 1.165) is 11.8 Å².